The summed E-state index contributed by atoms with van der Waals surface area (Å²) in [5.74, 6) is -4.87. The van der Waals surface area contributed by atoms with E-state index in [0.29, 0.717) is 16.7 Å². The van der Waals surface area contributed by atoms with E-state index in [-0.39, 0.29) is 5.69 Å². The molecule has 0 saturated heterocycles. The van der Waals surface area contributed by atoms with Gasteiger partial charge in [-0.3, -0.25) is 13.9 Å². The van der Waals surface area contributed by atoms with Crippen molar-refractivity contribution < 1.29 is 23.8 Å². The molecule has 0 aliphatic heterocycles. The molecule has 1 aromatic carbocycles. The molecule has 0 saturated carbocycles. The molecule has 2 rings (SSSR count). The van der Waals surface area contributed by atoms with E-state index in [4.69, 9.17) is 16.7 Å². The predicted octanol–water partition coefficient (Wildman–Crippen LogP) is 2.24. The largest absolute Gasteiger partial charge is 0.480 e. The Morgan fingerprint density at radius 2 is 1.96 bits per heavy atom. The number of aliphatic carboxylic acids is 1. The molecule has 2 aromatic rings. The Bertz CT molecular complexity index is 843. The molecule has 0 fully saturated rings. The van der Waals surface area contributed by atoms with E-state index < -0.39 is 36.8 Å². The van der Waals surface area contributed by atoms with Gasteiger partial charge in [-0.2, -0.15) is 8.78 Å². The van der Waals surface area contributed by atoms with E-state index in [0.717, 1.165) is 9.13 Å². The van der Waals surface area contributed by atoms with Crippen molar-refractivity contribution in [3.8, 4) is 11.3 Å². The number of carboxylic acid groups (broad SMARTS) is 1. The molecule has 9 heteroatoms. The first kappa shape index (κ1) is 18.9. The third-order valence-electron chi connectivity index (χ3n) is 3.56. The number of rotatable bonds is 7. The Hall–Kier alpha value is -2.45. The highest BCUT2D eigenvalue weighted by Gasteiger charge is 2.36. The van der Waals surface area contributed by atoms with E-state index in [1.54, 1.807) is 12.1 Å². The second-order valence-corrected chi connectivity index (χ2v) is 5.77. The Kier molecular flexibility index (Phi) is 5.44. The summed E-state index contributed by atoms with van der Waals surface area (Å²) >= 11 is 5.81. The number of aromatic nitrogens is 2. The summed E-state index contributed by atoms with van der Waals surface area (Å²) < 4.78 is 28.9. The van der Waals surface area contributed by atoms with Crippen LogP contribution in [0.5, 0.6) is 0 Å². The van der Waals surface area contributed by atoms with Gasteiger partial charge in [-0.1, -0.05) is 30.3 Å². The number of hydrogen-bond donors (Lipinski definition) is 2. The van der Waals surface area contributed by atoms with Crippen LogP contribution >= 0.6 is 11.6 Å². The van der Waals surface area contributed by atoms with Gasteiger partial charge in [-0.05, 0) is 23.8 Å². The van der Waals surface area contributed by atoms with Crippen LogP contribution in [0.15, 0.2) is 47.9 Å². The van der Waals surface area contributed by atoms with Crippen molar-refractivity contribution in [3.63, 3.8) is 0 Å². The lowest BCUT2D eigenvalue weighted by atomic mass is 10.1. The molecule has 0 radical (unpaired) electrons. The average molecular weight is 373 g/mol. The number of nitrogens with zero attached hydrogens (tertiary/aromatic N) is 2. The lowest BCUT2D eigenvalue weighted by Crippen LogP contribution is -2.38. The van der Waals surface area contributed by atoms with E-state index >= 15 is 0 Å². The van der Waals surface area contributed by atoms with Crippen molar-refractivity contribution in [1.82, 2.24) is 9.13 Å². The first-order valence-electron chi connectivity index (χ1n) is 7.13. The molecule has 1 atom stereocenters. The average Bonchev–Trinajstić information content (AvgIpc) is 2.84. The normalized spacial score (nSPS) is 12.8. The van der Waals surface area contributed by atoms with Gasteiger partial charge in [0.15, 0.2) is 0 Å². The molecule has 0 aliphatic carbocycles. The number of benzene rings is 1. The lowest BCUT2D eigenvalue weighted by molar-refractivity contribution is -0.137. The van der Waals surface area contributed by atoms with E-state index in [1.807, 2.05) is 0 Å². The number of carboxylic acids is 1. The maximum atomic E-state index is 13.6. The van der Waals surface area contributed by atoms with Crippen molar-refractivity contribution in [2.24, 2.45) is 0 Å². The summed E-state index contributed by atoms with van der Waals surface area (Å²) in [4.78, 5) is 23.3. The maximum Gasteiger partial charge on any atom is 0.329 e. The van der Waals surface area contributed by atoms with Crippen LogP contribution in [0.3, 0.4) is 0 Å². The van der Waals surface area contributed by atoms with Gasteiger partial charge in [0.2, 0.25) is 0 Å². The SMILES string of the molecule is C=CC(F)(F)C(O)Cn1c(-c2ccc(Cl)cc2)cn(CC(=O)O)c1=O. The Morgan fingerprint density at radius 1 is 1.36 bits per heavy atom. The van der Waals surface area contributed by atoms with Crippen LogP contribution in [0.4, 0.5) is 8.78 Å². The van der Waals surface area contributed by atoms with Gasteiger partial charge in [0.05, 0.1) is 12.2 Å². The monoisotopic (exact) mass is 372 g/mol. The van der Waals surface area contributed by atoms with Gasteiger partial charge in [-0.15, -0.1) is 0 Å². The number of aliphatic hydroxyl groups is 1. The van der Waals surface area contributed by atoms with Crippen molar-refractivity contribution in [2.45, 2.75) is 25.1 Å². The number of hydrogen-bond acceptors (Lipinski definition) is 3. The van der Waals surface area contributed by atoms with Gasteiger partial charge in [-0.25, -0.2) is 4.79 Å². The topological polar surface area (TPSA) is 84.5 Å². The first-order chi connectivity index (χ1) is 11.7. The van der Waals surface area contributed by atoms with Gasteiger partial charge >= 0.3 is 11.7 Å². The summed E-state index contributed by atoms with van der Waals surface area (Å²) in [5.41, 5.74) is -0.187. The number of aliphatic hydroxyl groups excluding tert-OH is 1. The predicted molar refractivity (Wildman–Crippen MR) is 87.9 cm³/mol. The van der Waals surface area contributed by atoms with E-state index in [2.05, 4.69) is 6.58 Å². The molecule has 25 heavy (non-hydrogen) atoms. The van der Waals surface area contributed by atoms with Crippen molar-refractivity contribution >= 4 is 17.6 Å². The summed E-state index contributed by atoms with van der Waals surface area (Å²) in [6.45, 7) is 1.59. The fourth-order valence-corrected chi connectivity index (χ4v) is 2.37. The number of halogens is 3. The van der Waals surface area contributed by atoms with E-state index in [1.165, 1.54) is 18.3 Å². The van der Waals surface area contributed by atoms with Crippen LogP contribution in [0.2, 0.25) is 5.02 Å². The molecule has 2 N–H and O–H groups in total. The zero-order valence-corrected chi connectivity index (χ0v) is 13.7. The maximum absolute atomic E-state index is 13.6. The van der Waals surface area contributed by atoms with E-state index in [9.17, 15) is 23.5 Å². The summed E-state index contributed by atoms with van der Waals surface area (Å²) in [6, 6.07) is 6.18. The highest BCUT2D eigenvalue weighted by atomic mass is 35.5. The summed E-state index contributed by atoms with van der Waals surface area (Å²) in [6.07, 6.45) is -0.674. The number of alkyl halides is 2. The molecule has 134 valence electrons. The molecule has 6 nitrogen and oxygen atoms in total. The minimum Gasteiger partial charge on any atom is -0.480 e. The van der Waals surface area contributed by atoms with Crippen LogP contribution < -0.4 is 5.69 Å². The second-order valence-electron chi connectivity index (χ2n) is 5.33. The van der Waals surface area contributed by atoms with Crippen molar-refractivity contribution in [2.75, 3.05) is 0 Å². The molecule has 1 heterocycles. The second kappa shape index (κ2) is 7.20. The highest BCUT2D eigenvalue weighted by molar-refractivity contribution is 6.30. The van der Waals surface area contributed by atoms with Gasteiger partial charge in [0, 0.05) is 11.2 Å². The van der Waals surface area contributed by atoms with Crippen molar-refractivity contribution in [3.05, 3.63) is 58.6 Å². The van der Waals surface area contributed by atoms with Crippen LogP contribution in [0.1, 0.15) is 0 Å². The van der Waals surface area contributed by atoms with Crippen molar-refractivity contribution in [1.29, 1.82) is 0 Å². The third-order valence-corrected chi connectivity index (χ3v) is 3.82. The molecule has 1 aromatic heterocycles. The van der Waals surface area contributed by atoms with Gasteiger partial charge in [0.1, 0.15) is 12.6 Å². The smallest absolute Gasteiger partial charge is 0.329 e. The van der Waals surface area contributed by atoms with Crippen LogP contribution in [-0.4, -0.2) is 37.3 Å². The lowest BCUT2D eigenvalue weighted by Gasteiger charge is -2.20. The minimum atomic E-state index is -3.61. The molecule has 0 amide bonds. The Balaban J connectivity index is 2.53. The number of imidazole rings is 1. The third kappa shape index (κ3) is 4.15. The minimum absolute atomic E-state index is 0.182. The Morgan fingerprint density at radius 3 is 2.48 bits per heavy atom. The number of carbonyl (C=O) groups is 1. The summed E-state index contributed by atoms with van der Waals surface area (Å²) in [5, 5.41) is 19.0. The fraction of sp³-hybridized carbons (Fsp3) is 0.250. The quantitative estimate of drug-likeness (QED) is 0.730. The standard InChI is InChI=1S/C16H15ClF2N2O4/c1-2-16(18,19)13(22)8-21-12(10-3-5-11(17)6-4-10)7-20(15(21)25)9-14(23)24/h2-7,13,22H,1,8-9H2,(H,23,24). The van der Waals surface area contributed by atoms with Crippen LogP contribution in [0.25, 0.3) is 11.3 Å². The highest BCUT2D eigenvalue weighted by Crippen LogP contribution is 2.25. The molecule has 0 aliphatic rings. The van der Waals surface area contributed by atoms with Crippen LogP contribution in [-0.2, 0) is 17.9 Å². The fourth-order valence-electron chi connectivity index (χ4n) is 2.25. The van der Waals surface area contributed by atoms with Gasteiger partial charge in [0.25, 0.3) is 5.92 Å². The zero-order valence-electron chi connectivity index (χ0n) is 12.9. The van der Waals surface area contributed by atoms with Gasteiger partial charge < -0.3 is 10.2 Å². The molecule has 0 spiro atoms. The Labute approximate surface area is 146 Å². The zero-order chi connectivity index (χ0) is 18.8. The summed E-state index contributed by atoms with van der Waals surface area (Å²) in [7, 11) is 0. The van der Waals surface area contributed by atoms with Crippen LogP contribution in [0, 0.1) is 0 Å². The molecule has 0 bridgehead atoms. The molecule has 1 unspecified atom stereocenters. The molecular formula is C16H15ClF2N2O4. The first-order valence-corrected chi connectivity index (χ1v) is 7.50. The molecular weight excluding hydrogens is 358 g/mol.